The molecule has 0 radical (unpaired) electrons. The van der Waals surface area contributed by atoms with Crippen LogP contribution in [-0.2, 0) is 13.1 Å². The third kappa shape index (κ3) is 8.57. The second-order valence-corrected chi connectivity index (χ2v) is 18.6. The van der Waals surface area contributed by atoms with Crippen molar-refractivity contribution in [2.45, 2.75) is 50.6 Å². The highest BCUT2D eigenvalue weighted by Crippen LogP contribution is 2.58. The Morgan fingerprint density at radius 2 is 1.23 bits per heavy atom. The van der Waals surface area contributed by atoms with E-state index in [9.17, 15) is 9.59 Å². The number of aromatic nitrogens is 8. The number of piperidine rings is 2. The van der Waals surface area contributed by atoms with Gasteiger partial charge in [0.2, 0.25) is 11.8 Å². The van der Waals surface area contributed by atoms with E-state index >= 15 is 0 Å². The molecule has 2 saturated carbocycles. The van der Waals surface area contributed by atoms with Gasteiger partial charge in [-0.1, -0.05) is 63.3 Å². The lowest BCUT2D eigenvalue weighted by Crippen LogP contribution is -2.25. The molecule has 6 aliphatic rings. The van der Waals surface area contributed by atoms with Crippen LogP contribution in [0.3, 0.4) is 0 Å². The monoisotopic (exact) mass is 1010 g/mol. The molecular weight excluding hydrogens is 975 g/mol. The molecule has 4 unspecified atom stereocenters. The minimum atomic E-state index is -0.125. The fraction of sp³-hybridized carbons (Fsp3) is 0.364. The zero-order valence-electron chi connectivity index (χ0n) is 35.1. The molecule has 66 heavy (non-hydrogen) atoms. The van der Waals surface area contributed by atoms with E-state index in [-0.39, 0.29) is 54.4 Å². The molecule has 2 aliphatic carbocycles. The first-order valence-corrected chi connectivity index (χ1v) is 22.5. The Balaban J connectivity index is 0.000000140. The summed E-state index contributed by atoms with van der Waals surface area (Å²) in [5.41, 5.74) is 3.03. The van der Waals surface area contributed by atoms with Gasteiger partial charge >= 0.3 is 0 Å². The Kier molecular flexibility index (Phi) is 12.5. The zero-order chi connectivity index (χ0) is 45.1. The van der Waals surface area contributed by atoms with Gasteiger partial charge in [-0.05, 0) is 73.2 Å². The van der Waals surface area contributed by atoms with Crippen molar-refractivity contribution in [2.24, 2.45) is 33.7 Å². The Labute approximate surface area is 400 Å². The largest absolute Gasteiger partial charge is 0.371 e. The summed E-state index contributed by atoms with van der Waals surface area (Å²) >= 11 is 15.1. The van der Waals surface area contributed by atoms with Crippen molar-refractivity contribution < 1.29 is 9.05 Å². The van der Waals surface area contributed by atoms with E-state index in [0.717, 1.165) is 42.2 Å². The summed E-state index contributed by atoms with van der Waals surface area (Å²) in [6, 6.07) is 14.7. The van der Waals surface area contributed by atoms with Crippen molar-refractivity contribution in [1.82, 2.24) is 44.7 Å². The molecule has 2 saturated heterocycles. The van der Waals surface area contributed by atoms with Crippen LogP contribution in [0.5, 0.6) is 0 Å². The summed E-state index contributed by atoms with van der Waals surface area (Å²) in [5.74, 6) is 6.15. The average molecular weight is 1010 g/mol. The third-order valence-corrected chi connectivity index (χ3v) is 13.9. The van der Waals surface area contributed by atoms with E-state index in [1.165, 1.54) is 21.8 Å². The van der Waals surface area contributed by atoms with E-state index < -0.39 is 0 Å². The van der Waals surface area contributed by atoms with Gasteiger partial charge in [0.25, 0.3) is 11.1 Å². The van der Waals surface area contributed by atoms with Crippen LogP contribution in [-0.4, -0.2) is 78.0 Å². The van der Waals surface area contributed by atoms with Crippen molar-refractivity contribution in [1.29, 1.82) is 10.5 Å². The average Bonchev–Trinajstić information content (AvgIpc) is 3.85. The Morgan fingerprint density at radius 1 is 0.742 bits per heavy atom. The van der Waals surface area contributed by atoms with E-state index in [1.54, 1.807) is 36.7 Å². The summed E-state index contributed by atoms with van der Waals surface area (Å²) in [5, 5.41) is 30.1. The minimum Gasteiger partial charge on any atom is -0.371 e. The number of aliphatic imine (C=N–C) groups is 2. The summed E-state index contributed by atoms with van der Waals surface area (Å²) in [6.45, 7) is 8.13. The fourth-order valence-corrected chi connectivity index (χ4v) is 10.2. The molecule has 4 aromatic heterocycles. The number of anilines is 1. The van der Waals surface area contributed by atoms with Crippen LogP contribution in [0.4, 0.5) is 17.3 Å². The van der Waals surface area contributed by atoms with Crippen molar-refractivity contribution >= 4 is 81.3 Å². The summed E-state index contributed by atoms with van der Waals surface area (Å²) in [7, 11) is 0. The van der Waals surface area contributed by atoms with Crippen molar-refractivity contribution in [3.8, 4) is 12.1 Å². The van der Waals surface area contributed by atoms with Gasteiger partial charge in [0, 0.05) is 59.4 Å². The Bertz CT molecular complexity index is 3110. The third-order valence-electron chi connectivity index (χ3n) is 12.8. The van der Waals surface area contributed by atoms with Crippen LogP contribution in [0.25, 0.3) is 0 Å². The molecule has 0 bridgehead atoms. The smallest absolute Gasteiger partial charge is 0.259 e. The van der Waals surface area contributed by atoms with Crippen LogP contribution in [0.15, 0.2) is 82.1 Å². The number of nitrogens with zero attached hydrogens (tertiary/aromatic N) is 13. The number of hydrogen-bond donors (Lipinski definition) is 1. The highest BCUT2D eigenvalue weighted by molar-refractivity contribution is 9.10. The molecule has 18 nitrogen and oxygen atoms in total. The van der Waals surface area contributed by atoms with Gasteiger partial charge in [-0.3, -0.25) is 18.7 Å². The molecular formula is C44H38BrCl3N14O4. The minimum absolute atomic E-state index is 0. The first kappa shape index (κ1) is 45.1. The van der Waals surface area contributed by atoms with Gasteiger partial charge in [-0.25, -0.2) is 20.0 Å². The van der Waals surface area contributed by atoms with Gasteiger partial charge in [0.15, 0.2) is 23.3 Å². The van der Waals surface area contributed by atoms with Crippen LogP contribution >= 0.6 is 51.5 Å². The van der Waals surface area contributed by atoms with Crippen molar-refractivity contribution in [2.75, 3.05) is 31.1 Å². The Hall–Kier alpha value is -6.09. The second kappa shape index (κ2) is 18.3. The molecule has 4 aliphatic heterocycles. The highest BCUT2D eigenvalue weighted by Gasteiger charge is 2.59. The molecule has 0 amide bonds. The number of fused-ring (bicyclic) bond motifs is 4. The topological polar surface area (TPSA) is 235 Å². The molecule has 4 fully saturated rings. The van der Waals surface area contributed by atoms with Gasteiger partial charge in [-0.2, -0.15) is 20.5 Å². The SMILES string of the molecule is CC1C=Nc2ncn(Cc3nc(C4[C@H]5CN(c6ccc(C#N)c(Cl)c6)C[C@@H]45)no3)c(=O)c21.CC1C=Nc2ncn(Cc3nc(C4[C@H]5CNC[C@@H]45)no3)c(=O)c21.Cl.N#Cc1ccc(Br)cc1Cl. The van der Waals surface area contributed by atoms with Crippen molar-refractivity contribution in [3.63, 3.8) is 0 Å². The maximum atomic E-state index is 12.7. The molecule has 1 N–H and O–H groups in total. The molecule has 0 spiro atoms. The lowest BCUT2D eigenvalue weighted by molar-refractivity contribution is 0.363. The van der Waals surface area contributed by atoms with Gasteiger partial charge in [0.1, 0.15) is 37.9 Å². The molecule has 6 aromatic rings. The van der Waals surface area contributed by atoms with E-state index in [1.807, 2.05) is 32.0 Å². The lowest BCUT2D eigenvalue weighted by Gasteiger charge is -2.21. The highest BCUT2D eigenvalue weighted by atomic mass is 79.9. The van der Waals surface area contributed by atoms with Crippen molar-refractivity contribution in [3.05, 3.63) is 130 Å². The van der Waals surface area contributed by atoms with Crippen LogP contribution in [0.1, 0.15) is 83.2 Å². The van der Waals surface area contributed by atoms with Crippen LogP contribution < -0.4 is 21.3 Å². The second-order valence-electron chi connectivity index (χ2n) is 16.8. The van der Waals surface area contributed by atoms with Gasteiger partial charge in [-0.15, -0.1) is 12.4 Å². The standard InChI is InChI=1S/C22H18ClN7O2.C15H16N6O2.C7H3BrClN.ClH/c1-11-6-25-20-18(11)22(31)30(10-26-20)9-17-27-21(28-32-17)19-14-7-29(8-15(14)19)13-3-2-12(5-24)16(23)4-13;1-7-2-17-13-11(7)15(22)21(6-18-13)5-10-19-14(20-23-10)12-8-3-16-4-9(8)12;8-6-2-1-5(4-10)7(9)3-6;/h2-4,6,10-11,14-15,19H,7-9H2,1H3;2,6-9,12,16H,3-5H2,1H3;1-3H;1H/t11?,14-,15+,19?;7?,8-,9+,12?;;. The fourth-order valence-electron chi connectivity index (χ4n) is 9.25. The predicted octanol–water partition coefficient (Wildman–Crippen LogP) is 6.69. The van der Waals surface area contributed by atoms with Crippen LogP contribution in [0, 0.1) is 46.3 Å². The van der Waals surface area contributed by atoms with Crippen LogP contribution in [0.2, 0.25) is 10.0 Å². The zero-order valence-corrected chi connectivity index (χ0v) is 39.0. The predicted molar refractivity (Wildman–Crippen MR) is 249 cm³/mol. The van der Waals surface area contributed by atoms with Gasteiger partial charge < -0.3 is 19.3 Å². The maximum Gasteiger partial charge on any atom is 0.259 e. The molecule has 22 heteroatoms. The molecule has 8 atom stereocenters. The molecule has 2 aromatic carbocycles. The van der Waals surface area contributed by atoms with E-state index in [2.05, 4.69) is 72.4 Å². The van der Waals surface area contributed by atoms with Gasteiger partial charge in [0.05, 0.1) is 32.3 Å². The number of rotatable bonds is 7. The molecule has 336 valence electrons. The maximum absolute atomic E-state index is 12.7. The number of halogens is 4. The summed E-state index contributed by atoms with van der Waals surface area (Å²) in [6.07, 6.45) is 6.45. The number of nitrogens with one attached hydrogen (secondary N) is 1. The first-order valence-electron chi connectivity index (χ1n) is 20.9. The summed E-state index contributed by atoms with van der Waals surface area (Å²) < 4.78 is 14.7. The number of benzene rings is 2. The number of nitriles is 2. The number of hydrogen-bond acceptors (Lipinski definition) is 16. The summed E-state index contributed by atoms with van der Waals surface area (Å²) in [4.78, 5) is 53.4. The van der Waals surface area contributed by atoms with E-state index in [0.29, 0.717) is 91.1 Å². The normalized spacial score (nSPS) is 24.1. The molecule has 8 heterocycles. The lowest BCUT2D eigenvalue weighted by atomic mass is 10.1. The van der Waals surface area contributed by atoms with E-state index in [4.69, 9.17) is 42.8 Å². The first-order chi connectivity index (χ1) is 31.5. The quantitative estimate of drug-likeness (QED) is 0.175. The molecule has 12 rings (SSSR count). The Morgan fingerprint density at radius 3 is 1.71 bits per heavy atom.